The minimum atomic E-state index is -0.192. The van der Waals surface area contributed by atoms with E-state index >= 15 is 0 Å². The van der Waals surface area contributed by atoms with Crippen molar-refractivity contribution in [2.45, 2.75) is 20.4 Å². The molecule has 0 atom stereocenters. The van der Waals surface area contributed by atoms with E-state index in [2.05, 4.69) is 28.6 Å². The lowest BCUT2D eigenvalue weighted by molar-refractivity contribution is 0.309. The normalized spacial score (nSPS) is 10.9. The van der Waals surface area contributed by atoms with Gasteiger partial charge in [-0.3, -0.25) is 0 Å². The van der Waals surface area contributed by atoms with Crippen molar-refractivity contribution in [1.29, 1.82) is 0 Å². The monoisotopic (exact) mass is 301 g/mol. The Kier molecular flexibility index (Phi) is 6.34. The van der Waals surface area contributed by atoms with Crippen LogP contribution < -0.4 is 4.90 Å². The molecule has 0 saturated heterocycles. The summed E-state index contributed by atoms with van der Waals surface area (Å²) in [5.41, 5.74) is 0.963. The highest BCUT2D eigenvalue weighted by atomic mass is 19.1. The summed E-state index contributed by atoms with van der Waals surface area (Å²) in [6.45, 7) is 8.91. The zero-order valence-corrected chi connectivity index (χ0v) is 13.4. The third kappa shape index (κ3) is 4.81. The van der Waals surface area contributed by atoms with Crippen molar-refractivity contribution in [3.63, 3.8) is 0 Å². The number of halogens is 1. The number of anilines is 1. The largest absolute Gasteiger partial charge is 0.351 e. The first-order valence-corrected chi connectivity index (χ1v) is 7.85. The van der Waals surface area contributed by atoms with Gasteiger partial charge in [0, 0.05) is 25.8 Å². The van der Waals surface area contributed by atoms with Crippen LogP contribution in [-0.2, 0) is 6.54 Å². The van der Waals surface area contributed by atoms with E-state index in [0.717, 1.165) is 37.6 Å². The SMILES string of the molecule is CCN(CC)CCN(Cc1cccc(F)c1)c1ccccn1. The van der Waals surface area contributed by atoms with Crippen molar-refractivity contribution >= 4 is 5.82 Å². The van der Waals surface area contributed by atoms with E-state index in [4.69, 9.17) is 0 Å². The fourth-order valence-electron chi connectivity index (χ4n) is 2.47. The van der Waals surface area contributed by atoms with E-state index in [9.17, 15) is 4.39 Å². The summed E-state index contributed by atoms with van der Waals surface area (Å²) >= 11 is 0. The van der Waals surface area contributed by atoms with Gasteiger partial charge in [0.2, 0.25) is 0 Å². The van der Waals surface area contributed by atoms with Crippen LogP contribution in [-0.4, -0.2) is 36.1 Å². The van der Waals surface area contributed by atoms with Crippen LogP contribution in [0.4, 0.5) is 10.2 Å². The Morgan fingerprint density at radius 3 is 2.45 bits per heavy atom. The van der Waals surface area contributed by atoms with Gasteiger partial charge in [-0.15, -0.1) is 0 Å². The van der Waals surface area contributed by atoms with Crippen molar-refractivity contribution in [3.8, 4) is 0 Å². The lowest BCUT2D eigenvalue weighted by atomic mass is 10.2. The number of nitrogens with zero attached hydrogens (tertiary/aromatic N) is 3. The topological polar surface area (TPSA) is 19.4 Å². The molecule has 1 aromatic carbocycles. The molecule has 0 N–H and O–H groups in total. The van der Waals surface area contributed by atoms with Crippen LogP contribution in [0, 0.1) is 5.82 Å². The molecule has 118 valence electrons. The zero-order chi connectivity index (χ0) is 15.8. The Hall–Kier alpha value is -1.94. The molecule has 0 spiro atoms. The van der Waals surface area contributed by atoms with Crippen LogP contribution in [0.15, 0.2) is 48.7 Å². The van der Waals surface area contributed by atoms with Crippen molar-refractivity contribution in [3.05, 3.63) is 60.0 Å². The van der Waals surface area contributed by atoms with Gasteiger partial charge in [0.1, 0.15) is 11.6 Å². The number of pyridine rings is 1. The molecule has 22 heavy (non-hydrogen) atoms. The molecule has 0 unspecified atom stereocenters. The maximum atomic E-state index is 13.4. The Labute approximate surface area is 132 Å². The molecule has 2 aromatic rings. The number of aromatic nitrogens is 1. The van der Waals surface area contributed by atoms with Gasteiger partial charge < -0.3 is 9.80 Å². The molecule has 4 heteroatoms. The lowest BCUT2D eigenvalue weighted by Gasteiger charge is -2.27. The second kappa shape index (κ2) is 8.49. The van der Waals surface area contributed by atoms with Crippen LogP contribution in [0.25, 0.3) is 0 Å². The summed E-state index contributed by atoms with van der Waals surface area (Å²) < 4.78 is 13.4. The average molecular weight is 301 g/mol. The summed E-state index contributed by atoms with van der Waals surface area (Å²) in [6.07, 6.45) is 1.80. The van der Waals surface area contributed by atoms with Gasteiger partial charge in [-0.25, -0.2) is 9.37 Å². The van der Waals surface area contributed by atoms with Crippen LogP contribution in [0.2, 0.25) is 0 Å². The summed E-state index contributed by atoms with van der Waals surface area (Å²) in [7, 11) is 0. The van der Waals surface area contributed by atoms with Crippen molar-refractivity contribution in [1.82, 2.24) is 9.88 Å². The van der Waals surface area contributed by atoms with Crippen LogP contribution in [0.1, 0.15) is 19.4 Å². The maximum Gasteiger partial charge on any atom is 0.128 e. The zero-order valence-electron chi connectivity index (χ0n) is 13.4. The standard InChI is InChI=1S/C18H24FN3/c1-3-21(4-2)12-13-22(18-10-5-6-11-20-18)15-16-8-7-9-17(19)14-16/h5-11,14H,3-4,12-13,15H2,1-2H3. The minimum Gasteiger partial charge on any atom is -0.351 e. The molecule has 1 heterocycles. The second-order valence-electron chi connectivity index (χ2n) is 5.27. The molecule has 3 nitrogen and oxygen atoms in total. The number of benzene rings is 1. The Balaban J connectivity index is 2.11. The first kappa shape index (κ1) is 16.4. The predicted molar refractivity (Wildman–Crippen MR) is 89.5 cm³/mol. The first-order chi connectivity index (χ1) is 10.7. The minimum absolute atomic E-state index is 0.192. The molecule has 2 rings (SSSR count). The van der Waals surface area contributed by atoms with E-state index in [1.54, 1.807) is 18.3 Å². The third-order valence-corrected chi connectivity index (χ3v) is 3.82. The quantitative estimate of drug-likeness (QED) is 0.743. The summed E-state index contributed by atoms with van der Waals surface area (Å²) in [5.74, 6) is 0.737. The molecule has 0 fully saturated rings. The van der Waals surface area contributed by atoms with Gasteiger partial charge in [0.05, 0.1) is 0 Å². The molecule has 0 bridgehead atoms. The van der Waals surface area contributed by atoms with Crippen LogP contribution in [0.3, 0.4) is 0 Å². The van der Waals surface area contributed by atoms with Gasteiger partial charge in [-0.1, -0.05) is 32.0 Å². The van der Waals surface area contributed by atoms with Gasteiger partial charge in [0.15, 0.2) is 0 Å². The highest BCUT2D eigenvalue weighted by molar-refractivity contribution is 5.39. The van der Waals surface area contributed by atoms with E-state index in [0.29, 0.717) is 6.54 Å². The van der Waals surface area contributed by atoms with Gasteiger partial charge in [-0.05, 0) is 42.9 Å². The smallest absolute Gasteiger partial charge is 0.128 e. The van der Waals surface area contributed by atoms with E-state index in [1.165, 1.54) is 6.07 Å². The molecule has 1 aromatic heterocycles. The molecule has 0 aliphatic carbocycles. The number of likely N-dealkylation sites (N-methyl/N-ethyl adjacent to an activating group) is 1. The molecule has 0 aliphatic rings. The van der Waals surface area contributed by atoms with Crippen LogP contribution in [0.5, 0.6) is 0 Å². The molecule has 0 amide bonds. The molecule has 0 saturated carbocycles. The van der Waals surface area contributed by atoms with Crippen molar-refractivity contribution in [2.75, 3.05) is 31.1 Å². The van der Waals surface area contributed by atoms with Crippen molar-refractivity contribution in [2.24, 2.45) is 0 Å². The van der Waals surface area contributed by atoms with Gasteiger partial charge >= 0.3 is 0 Å². The molecule has 0 aliphatic heterocycles. The van der Waals surface area contributed by atoms with Crippen LogP contribution >= 0.6 is 0 Å². The highest BCUT2D eigenvalue weighted by Crippen LogP contribution is 2.14. The van der Waals surface area contributed by atoms with Crippen molar-refractivity contribution < 1.29 is 4.39 Å². The highest BCUT2D eigenvalue weighted by Gasteiger charge is 2.10. The fraction of sp³-hybridized carbons (Fsp3) is 0.389. The third-order valence-electron chi connectivity index (χ3n) is 3.82. The number of hydrogen-bond donors (Lipinski definition) is 0. The predicted octanol–water partition coefficient (Wildman–Crippen LogP) is 3.57. The maximum absolute atomic E-state index is 13.4. The summed E-state index contributed by atoms with van der Waals surface area (Å²) in [6, 6.07) is 12.7. The Bertz CT molecular complexity index is 555. The molecule has 0 radical (unpaired) electrons. The first-order valence-electron chi connectivity index (χ1n) is 7.85. The van der Waals surface area contributed by atoms with E-state index < -0.39 is 0 Å². The summed E-state index contributed by atoms with van der Waals surface area (Å²) in [4.78, 5) is 9.02. The van der Waals surface area contributed by atoms with E-state index in [1.807, 2.05) is 24.3 Å². The second-order valence-corrected chi connectivity index (χ2v) is 5.27. The van der Waals surface area contributed by atoms with Gasteiger partial charge in [-0.2, -0.15) is 0 Å². The Morgan fingerprint density at radius 1 is 1.00 bits per heavy atom. The van der Waals surface area contributed by atoms with E-state index in [-0.39, 0.29) is 5.82 Å². The molecular formula is C18H24FN3. The number of rotatable bonds is 8. The summed E-state index contributed by atoms with van der Waals surface area (Å²) in [5, 5.41) is 0. The fourth-order valence-corrected chi connectivity index (χ4v) is 2.47. The Morgan fingerprint density at radius 2 is 1.82 bits per heavy atom. The number of hydrogen-bond acceptors (Lipinski definition) is 3. The molecular weight excluding hydrogens is 277 g/mol. The van der Waals surface area contributed by atoms with Gasteiger partial charge in [0.25, 0.3) is 0 Å². The lowest BCUT2D eigenvalue weighted by Crippen LogP contribution is -2.35. The average Bonchev–Trinajstić information content (AvgIpc) is 2.55.